The van der Waals surface area contributed by atoms with Gasteiger partial charge in [0.1, 0.15) is 0 Å². The minimum atomic E-state index is -1.41. The molecule has 0 aromatic carbocycles. The zero-order chi connectivity index (χ0) is 11.5. The summed E-state index contributed by atoms with van der Waals surface area (Å²) in [6, 6.07) is 0. The van der Waals surface area contributed by atoms with Crippen LogP contribution in [0.3, 0.4) is 0 Å². The number of ether oxygens (including phenoxy) is 1. The number of unbranched alkanes of at least 4 members (excludes halogenated alkanes) is 1. The lowest BCUT2D eigenvalue weighted by Crippen LogP contribution is -2.36. The van der Waals surface area contributed by atoms with Crippen molar-refractivity contribution >= 4 is 5.97 Å². The Kier molecular flexibility index (Phi) is 3.66. The Hall–Kier alpha value is -1.13. The Morgan fingerprint density at radius 3 is 2.73 bits per heavy atom. The average Bonchev–Trinajstić information content (AvgIpc) is 2.90. The monoisotopic (exact) mass is 215 g/mol. The van der Waals surface area contributed by atoms with Crippen molar-refractivity contribution in [3.05, 3.63) is 10.1 Å². The third-order valence-corrected chi connectivity index (χ3v) is 2.93. The summed E-state index contributed by atoms with van der Waals surface area (Å²) in [6.45, 7) is 3.89. The van der Waals surface area contributed by atoms with Crippen LogP contribution in [0.2, 0.25) is 0 Å². The predicted molar refractivity (Wildman–Crippen MR) is 54.0 cm³/mol. The SMILES string of the molecule is CCCCC1CC1(C(=O)OCC)[N+](=O)[O-]. The van der Waals surface area contributed by atoms with E-state index in [0.29, 0.717) is 6.42 Å². The first-order valence-electron chi connectivity index (χ1n) is 5.41. The van der Waals surface area contributed by atoms with Gasteiger partial charge in [-0.15, -0.1) is 0 Å². The van der Waals surface area contributed by atoms with Crippen LogP contribution < -0.4 is 0 Å². The molecule has 1 rings (SSSR count). The molecular weight excluding hydrogens is 198 g/mol. The molecule has 1 saturated carbocycles. The molecule has 0 heterocycles. The Labute approximate surface area is 88.9 Å². The summed E-state index contributed by atoms with van der Waals surface area (Å²) < 4.78 is 4.76. The molecule has 0 bridgehead atoms. The summed E-state index contributed by atoms with van der Waals surface area (Å²) in [5.74, 6) is -0.775. The first-order chi connectivity index (χ1) is 7.09. The van der Waals surface area contributed by atoms with Crippen molar-refractivity contribution < 1.29 is 14.5 Å². The van der Waals surface area contributed by atoms with Gasteiger partial charge in [0.2, 0.25) is 0 Å². The Morgan fingerprint density at radius 1 is 1.60 bits per heavy atom. The van der Waals surface area contributed by atoms with Crippen LogP contribution in [-0.2, 0) is 9.53 Å². The molecule has 2 unspecified atom stereocenters. The lowest BCUT2D eigenvalue weighted by Gasteiger charge is -2.07. The Balaban J connectivity index is 2.61. The van der Waals surface area contributed by atoms with E-state index in [1.807, 2.05) is 6.92 Å². The zero-order valence-electron chi connectivity index (χ0n) is 9.19. The molecule has 0 saturated heterocycles. The number of hydrogen-bond acceptors (Lipinski definition) is 4. The molecule has 0 N–H and O–H groups in total. The van der Waals surface area contributed by atoms with Crippen LogP contribution in [0.25, 0.3) is 0 Å². The molecule has 15 heavy (non-hydrogen) atoms. The molecule has 1 fully saturated rings. The highest BCUT2D eigenvalue weighted by Gasteiger charge is 2.72. The van der Waals surface area contributed by atoms with E-state index in [9.17, 15) is 14.9 Å². The van der Waals surface area contributed by atoms with Crippen molar-refractivity contribution in [2.45, 2.75) is 45.1 Å². The predicted octanol–water partition coefficient (Wildman–Crippen LogP) is 1.78. The van der Waals surface area contributed by atoms with Crippen LogP contribution in [0.15, 0.2) is 0 Å². The molecule has 0 aromatic rings. The fourth-order valence-electron chi connectivity index (χ4n) is 1.91. The minimum absolute atomic E-state index is 0.119. The first kappa shape index (κ1) is 11.9. The molecule has 5 nitrogen and oxygen atoms in total. The van der Waals surface area contributed by atoms with Gasteiger partial charge in [0, 0.05) is 17.3 Å². The second-order valence-corrected chi connectivity index (χ2v) is 3.95. The number of carbonyl (C=O) groups is 1. The second kappa shape index (κ2) is 4.59. The standard InChI is InChI=1S/C10H17NO4/c1-3-5-6-8-7-10(8,11(13)14)9(12)15-4-2/h8H,3-7H2,1-2H3. The lowest BCUT2D eigenvalue weighted by molar-refractivity contribution is -0.529. The van der Waals surface area contributed by atoms with Crippen LogP contribution >= 0.6 is 0 Å². The highest BCUT2D eigenvalue weighted by molar-refractivity contribution is 5.83. The molecule has 0 aliphatic heterocycles. The van der Waals surface area contributed by atoms with Gasteiger partial charge in [-0.25, -0.2) is 4.79 Å². The zero-order valence-corrected chi connectivity index (χ0v) is 9.19. The maximum atomic E-state index is 11.5. The van der Waals surface area contributed by atoms with Gasteiger partial charge in [-0.3, -0.25) is 10.1 Å². The Morgan fingerprint density at radius 2 is 2.27 bits per heavy atom. The van der Waals surface area contributed by atoms with Crippen molar-refractivity contribution in [2.24, 2.45) is 5.92 Å². The number of rotatable bonds is 6. The smallest absolute Gasteiger partial charge is 0.385 e. The molecule has 0 aromatic heterocycles. The maximum Gasteiger partial charge on any atom is 0.385 e. The highest BCUT2D eigenvalue weighted by Crippen LogP contribution is 2.50. The highest BCUT2D eigenvalue weighted by atomic mass is 16.6. The quantitative estimate of drug-likeness (QED) is 0.384. The summed E-state index contributed by atoms with van der Waals surface area (Å²) in [4.78, 5) is 21.9. The van der Waals surface area contributed by atoms with Crippen molar-refractivity contribution in [1.82, 2.24) is 0 Å². The summed E-state index contributed by atoms with van der Waals surface area (Å²) >= 11 is 0. The first-order valence-corrected chi connectivity index (χ1v) is 5.41. The molecule has 2 atom stereocenters. The maximum absolute atomic E-state index is 11.5. The van der Waals surface area contributed by atoms with E-state index in [4.69, 9.17) is 4.74 Å². The fourth-order valence-corrected chi connectivity index (χ4v) is 1.91. The topological polar surface area (TPSA) is 69.4 Å². The van der Waals surface area contributed by atoms with Crippen molar-refractivity contribution in [3.8, 4) is 0 Å². The van der Waals surface area contributed by atoms with Gasteiger partial charge >= 0.3 is 11.5 Å². The number of hydrogen-bond donors (Lipinski definition) is 0. The van der Waals surface area contributed by atoms with Crippen LogP contribution in [0.4, 0.5) is 0 Å². The number of nitrogens with zero attached hydrogens (tertiary/aromatic N) is 1. The summed E-state index contributed by atoms with van der Waals surface area (Å²) in [5, 5.41) is 10.9. The second-order valence-electron chi connectivity index (χ2n) is 3.95. The van der Waals surface area contributed by atoms with Crippen LogP contribution in [0.1, 0.15) is 39.5 Å². The lowest BCUT2D eigenvalue weighted by atomic mass is 10.1. The minimum Gasteiger partial charge on any atom is -0.461 e. The number of esters is 1. The van der Waals surface area contributed by atoms with Crippen molar-refractivity contribution in [2.75, 3.05) is 6.61 Å². The van der Waals surface area contributed by atoms with E-state index >= 15 is 0 Å². The normalized spacial score (nSPS) is 28.5. The largest absolute Gasteiger partial charge is 0.461 e. The van der Waals surface area contributed by atoms with Gasteiger partial charge in [0.05, 0.1) is 6.61 Å². The fraction of sp³-hybridized carbons (Fsp3) is 0.900. The Bertz CT molecular complexity index is 266. The van der Waals surface area contributed by atoms with Crippen LogP contribution in [0, 0.1) is 16.0 Å². The average molecular weight is 215 g/mol. The summed E-state index contributed by atoms with van der Waals surface area (Å²) in [5.41, 5.74) is -1.41. The molecular formula is C10H17NO4. The molecule has 0 amide bonds. The van der Waals surface area contributed by atoms with E-state index in [1.165, 1.54) is 0 Å². The molecule has 1 aliphatic carbocycles. The number of carbonyl (C=O) groups excluding carboxylic acids is 1. The van der Waals surface area contributed by atoms with E-state index in [0.717, 1.165) is 19.3 Å². The van der Waals surface area contributed by atoms with E-state index in [-0.39, 0.29) is 12.5 Å². The van der Waals surface area contributed by atoms with Gasteiger partial charge in [0.15, 0.2) is 0 Å². The molecule has 86 valence electrons. The van der Waals surface area contributed by atoms with Gasteiger partial charge < -0.3 is 4.74 Å². The van der Waals surface area contributed by atoms with Gasteiger partial charge in [-0.1, -0.05) is 19.8 Å². The van der Waals surface area contributed by atoms with E-state index < -0.39 is 16.4 Å². The van der Waals surface area contributed by atoms with Gasteiger partial charge in [0.25, 0.3) is 0 Å². The van der Waals surface area contributed by atoms with Gasteiger partial charge in [-0.2, -0.15) is 0 Å². The van der Waals surface area contributed by atoms with Crippen LogP contribution in [-0.4, -0.2) is 23.0 Å². The van der Waals surface area contributed by atoms with E-state index in [2.05, 4.69) is 0 Å². The number of nitro groups is 1. The van der Waals surface area contributed by atoms with Gasteiger partial charge in [-0.05, 0) is 13.3 Å². The van der Waals surface area contributed by atoms with E-state index in [1.54, 1.807) is 6.92 Å². The van der Waals surface area contributed by atoms with Crippen LogP contribution in [0.5, 0.6) is 0 Å². The third kappa shape index (κ3) is 2.11. The van der Waals surface area contributed by atoms with Crippen molar-refractivity contribution in [1.29, 1.82) is 0 Å². The summed E-state index contributed by atoms with van der Waals surface area (Å²) in [7, 11) is 0. The third-order valence-electron chi connectivity index (χ3n) is 2.93. The molecule has 0 spiro atoms. The summed E-state index contributed by atoms with van der Waals surface area (Å²) in [6.07, 6.45) is 3.02. The molecule has 1 aliphatic rings. The molecule has 5 heteroatoms. The van der Waals surface area contributed by atoms with Crippen molar-refractivity contribution in [3.63, 3.8) is 0 Å². The molecule has 0 radical (unpaired) electrons.